The van der Waals surface area contributed by atoms with Crippen molar-refractivity contribution in [1.82, 2.24) is 19.4 Å². The molecule has 9 heteroatoms. The summed E-state index contributed by atoms with van der Waals surface area (Å²) in [6.45, 7) is 8.36. The molecule has 1 saturated carbocycles. The van der Waals surface area contributed by atoms with Crippen molar-refractivity contribution in [2.75, 3.05) is 19.6 Å². The topological polar surface area (TPSA) is 103 Å². The highest BCUT2D eigenvalue weighted by molar-refractivity contribution is 6.00. The standard InChI is InChI=1S/C27H36N4O5/c1-27(2,3)36-25(34)22-17-8-9-18(22)15-30(14-17)13-12-16-6-5-7-19-23(16)29(4)26(35)31(19)20-10-11-21(32)28-24(20)33/h5-7,17-18,20,22H,8-15H2,1-4H3,(H,28,32,33)/t17-,18+,20?,22?. The number of hydrogen-bond acceptors (Lipinski definition) is 6. The largest absolute Gasteiger partial charge is 0.460 e. The number of aryl methyl sites for hydroxylation is 1. The van der Waals surface area contributed by atoms with Gasteiger partial charge in [-0.3, -0.25) is 28.8 Å². The maximum Gasteiger partial charge on any atom is 0.329 e. The lowest BCUT2D eigenvalue weighted by Gasteiger charge is -2.37. The highest BCUT2D eigenvalue weighted by atomic mass is 16.6. The molecule has 36 heavy (non-hydrogen) atoms. The van der Waals surface area contributed by atoms with Crippen LogP contribution in [0.15, 0.2) is 23.0 Å². The molecule has 1 N–H and O–H groups in total. The molecule has 2 amide bonds. The molecule has 9 nitrogen and oxygen atoms in total. The molecule has 3 fully saturated rings. The molecule has 2 unspecified atom stereocenters. The van der Waals surface area contributed by atoms with E-state index in [9.17, 15) is 19.2 Å². The van der Waals surface area contributed by atoms with Gasteiger partial charge in [-0.2, -0.15) is 0 Å². The number of aromatic nitrogens is 2. The first-order valence-electron chi connectivity index (χ1n) is 13.0. The number of likely N-dealkylation sites (tertiary alicyclic amines) is 1. The monoisotopic (exact) mass is 496 g/mol. The van der Waals surface area contributed by atoms with E-state index in [0.717, 1.165) is 55.5 Å². The van der Waals surface area contributed by atoms with E-state index in [-0.39, 0.29) is 29.9 Å². The van der Waals surface area contributed by atoms with E-state index >= 15 is 0 Å². The molecular formula is C27H36N4O5. The first-order valence-corrected chi connectivity index (χ1v) is 13.0. The first-order chi connectivity index (χ1) is 17.0. The molecule has 2 aromatic rings. The Labute approximate surface area is 210 Å². The van der Waals surface area contributed by atoms with Gasteiger partial charge in [-0.05, 0) is 69.9 Å². The van der Waals surface area contributed by atoms with Crippen LogP contribution in [0.5, 0.6) is 0 Å². The maximum absolute atomic E-state index is 13.2. The van der Waals surface area contributed by atoms with E-state index in [1.165, 1.54) is 4.57 Å². The first kappa shape index (κ1) is 24.7. The minimum Gasteiger partial charge on any atom is -0.460 e. The number of imidazole rings is 1. The van der Waals surface area contributed by atoms with Gasteiger partial charge in [0.25, 0.3) is 0 Å². The summed E-state index contributed by atoms with van der Waals surface area (Å²) in [5, 5.41) is 2.36. The van der Waals surface area contributed by atoms with Crippen LogP contribution in [0.25, 0.3) is 11.0 Å². The number of imide groups is 1. The van der Waals surface area contributed by atoms with Gasteiger partial charge in [0.15, 0.2) is 0 Å². The van der Waals surface area contributed by atoms with Gasteiger partial charge < -0.3 is 9.64 Å². The lowest BCUT2D eigenvalue weighted by molar-refractivity contribution is -0.165. The van der Waals surface area contributed by atoms with E-state index in [4.69, 9.17) is 4.74 Å². The number of esters is 1. The summed E-state index contributed by atoms with van der Waals surface area (Å²) in [5.41, 5.74) is 1.90. The zero-order chi connectivity index (χ0) is 25.8. The maximum atomic E-state index is 13.2. The Balaban J connectivity index is 1.32. The molecule has 3 aliphatic rings. The van der Waals surface area contributed by atoms with E-state index in [1.54, 1.807) is 11.6 Å². The number of rotatable bonds is 5. The highest BCUT2D eigenvalue weighted by Gasteiger charge is 2.47. The quantitative estimate of drug-likeness (QED) is 0.503. The van der Waals surface area contributed by atoms with Crippen molar-refractivity contribution in [3.63, 3.8) is 0 Å². The zero-order valence-corrected chi connectivity index (χ0v) is 21.6. The van der Waals surface area contributed by atoms with Gasteiger partial charge in [0.05, 0.1) is 17.0 Å². The van der Waals surface area contributed by atoms with Crippen LogP contribution in [0.3, 0.4) is 0 Å². The van der Waals surface area contributed by atoms with Gasteiger partial charge in [-0.1, -0.05) is 12.1 Å². The van der Waals surface area contributed by atoms with Crippen molar-refractivity contribution in [3.05, 3.63) is 34.2 Å². The Hall–Kier alpha value is -2.94. The predicted octanol–water partition coefficient (Wildman–Crippen LogP) is 2.16. The molecule has 3 heterocycles. The summed E-state index contributed by atoms with van der Waals surface area (Å²) in [4.78, 5) is 52.6. The fraction of sp³-hybridized carbons (Fsp3) is 0.630. The van der Waals surface area contributed by atoms with Crippen molar-refractivity contribution < 1.29 is 19.1 Å². The third kappa shape index (κ3) is 4.49. The van der Waals surface area contributed by atoms with Gasteiger partial charge in [-0.25, -0.2) is 4.79 Å². The van der Waals surface area contributed by atoms with Gasteiger partial charge in [0, 0.05) is 33.1 Å². The summed E-state index contributed by atoms with van der Waals surface area (Å²) >= 11 is 0. The highest BCUT2D eigenvalue weighted by Crippen LogP contribution is 2.43. The van der Waals surface area contributed by atoms with Crippen molar-refractivity contribution in [3.8, 4) is 0 Å². The van der Waals surface area contributed by atoms with Crippen LogP contribution in [0.2, 0.25) is 0 Å². The number of carbonyl (C=O) groups excluding carboxylic acids is 3. The number of nitrogens with zero attached hydrogens (tertiary/aromatic N) is 3. The summed E-state index contributed by atoms with van der Waals surface area (Å²) in [6, 6.07) is 5.16. The predicted molar refractivity (Wildman–Crippen MR) is 134 cm³/mol. The number of ether oxygens (including phenoxy) is 1. The van der Waals surface area contributed by atoms with Crippen molar-refractivity contribution in [2.45, 2.75) is 64.5 Å². The number of fused-ring (bicyclic) bond motifs is 3. The van der Waals surface area contributed by atoms with E-state index < -0.39 is 17.6 Å². The molecular weight excluding hydrogens is 460 g/mol. The van der Waals surface area contributed by atoms with Gasteiger partial charge in [0.2, 0.25) is 11.8 Å². The number of carbonyl (C=O) groups is 3. The van der Waals surface area contributed by atoms with Gasteiger partial charge in [0.1, 0.15) is 11.6 Å². The number of para-hydroxylation sites is 1. The third-order valence-electron chi connectivity index (χ3n) is 7.99. The van der Waals surface area contributed by atoms with Gasteiger partial charge >= 0.3 is 11.7 Å². The molecule has 2 bridgehead atoms. The van der Waals surface area contributed by atoms with Crippen LogP contribution in [0.4, 0.5) is 0 Å². The minimum atomic E-state index is -0.684. The average Bonchev–Trinajstić information content (AvgIpc) is 3.22. The summed E-state index contributed by atoms with van der Waals surface area (Å²) in [7, 11) is 1.74. The molecule has 0 radical (unpaired) electrons. The lowest BCUT2D eigenvalue weighted by Crippen LogP contribution is -2.46. The summed E-state index contributed by atoms with van der Waals surface area (Å²) in [6.07, 6.45) is 3.43. The lowest BCUT2D eigenvalue weighted by atomic mass is 9.85. The Morgan fingerprint density at radius 3 is 2.42 bits per heavy atom. The fourth-order valence-corrected chi connectivity index (χ4v) is 6.49. The van der Waals surface area contributed by atoms with Crippen molar-refractivity contribution >= 4 is 28.8 Å². The molecule has 4 atom stereocenters. The third-order valence-corrected chi connectivity index (χ3v) is 7.99. The summed E-state index contributed by atoms with van der Waals surface area (Å²) in [5.74, 6) is -0.125. The Morgan fingerprint density at radius 1 is 1.08 bits per heavy atom. The normalized spacial score (nSPS) is 26.9. The molecule has 5 rings (SSSR count). The van der Waals surface area contributed by atoms with Crippen LogP contribution in [-0.4, -0.2) is 57.1 Å². The van der Waals surface area contributed by atoms with Crippen LogP contribution in [0, 0.1) is 17.8 Å². The number of nitrogens with one attached hydrogen (secondary N) is 1. The Morgan fingerprint density at radius 2 is 1.78 bits per heavy atom. The van der Waals surface area contributed by atoms with Gasteiger partial charge in [-0.15, -0.1) is 0 Å². The SMILES string of the molecule is Cn1c(=O)n(C2CCC(=O)NC2=O)c2cccc(CCN3C[C@H]4CC[C@@H](C3)C4C(=O)OC(C)(C)C)c21. The number of amides is 2. The van der Waals surface area contributed by atoms with E-state index in [0.29, 0.717) is 18.3 Å². The molecule has 1 aromatic heterocycles. The van der Waals surface area contributed by atoms with E-state index in [1.807, 2.05) is 39.0 Å². The second-order valence-corrected chi connectivity index (χ2v) is 11.6. The Kier molecular flexibility index (Phi) is 6.31. The average molecular weight is 497 g/mol. The van der Waals surface area contributed by atoms with Crippen LogP contribution >= 0.6 is 0 Å². The van der Waals surface area contributed by atoms with E-state index in [2.05, 4.69) is 10.2 Å². The molecule has 194 valence electrons. The fourth-order valence-electron chi connectivity index (χ4n) is 6.49. The van der Waals surface area contributed by atoms with Crippen LogP contribution < -0.4 is 11.0 Å². The van der Waals surface area contributed by atoms with Crippen LogP contribution in [0.1, 0.15) is 58.1 Å². The number of piperidine rings is 2. The summed E-state index contributed by atoms with van der Waals surface area (Å²) < 4.78 is 8.87. The number of benzene rings is 1. The minimum absolute atomic E-state index is 0.00715. The second-order valence-electron chi connectivity index (χ2n) is 11.6. The van der Waals surface area contributed by atoms with Crippen molar-refractivity contribution in [2.24, 2.45) is 24.8 Å². The van der Waals surface area contributed by atoms with Crippen molar-refractivity contribution in [1.29, 1.82) is 0 Å². The van der Waals surface area contributed by atoms with Crippen LogP contribution in [-0.2, 0) is 32.6 Å². The second kappa shape index (κ2) is 9.18. The zero-order valence-electron chi connectivity index (χ0n) is 21.6. The molecule has 1 aliphatic carbocycles. The molecule has 2 aliphatic heterocycles. The molecule has 0 spiro atoms. The number of hydrogen-bond donors (Lipinski definition) is 1. The molecule has 2 saturated heterocycles. The molecule has 1 aromatic carbocycles. The Bertz CT molecular complexity index is 1260. The smallest absolute Gasteiger partial charge is 0.329 e.